The molecule has 0 spiro atoms. The van der Waals surface area contributed by atoms with Gasteiger partial charge in [0.15, 0.2) is 5.78 Å². The highest BCUT2D eigenvalue weighted by molar-refractivity contribution is 5.96. The molecule has 0 unspecified atom stereocenters. The SMILES string of the molecule is CCC(CC)c1ccc(C(=O)CCN)cc1. The molecule has 0 bridgehead atoms. The average Bonchev–Trinajstić information content (AvgIpc) is 2.32. The standard InChI is InChI=1S/C14H21NO/c1-3-11(4-2)12-5-7-13(8-6-12)14(16)9-10-15/h5-8,11H,3-4,9-10,15H2,1-2H3. The van der Waals surface area contributed by atoms with Gasteiger partial charge in [0.1, 0.15) is 0 Å². The van der Waals surface area contributed by atoms with E-state index >= 15 is 0 Å². The normalized spacial score (nSPS) is 10.8. The molecule has 88 valence electrons. The summed E-state index contributed by atoms with van der Waals surface area (Å²) in [4.78, 5) is 11.6. The minimum atomic E-state index is 0.138. The lowest BCUT2D eigenvalue weighted by atomic mass is 9.93. The molecule has 1 aromatic carbocycles. The van der Waals surface area contributed by atoms with E-state index < -0.39 is 0 Å². The summed E-state index contributed by atoms with van der Waals surface area (Å²) in [5, 5.41) is 0. The first-order valence-corrected chi connectivity index (χ1v) is 6.06. The van der Waals surface area contributed by atoms with Gasteiger partial charge in [0, 0.05) is 12.0 Å². The third-order valence-electron chi connectivity index (χ3n) is 3.06. The summed E-state index contributed by atoms with van der Waals surface area (Å²) in [6.07, 6.45) is 2.73. The number of nitrogens with two attached hydrogens (primary N) is 1. The van der Waals surface area contributed by atoms with Gasteiger partial charge in [0.05, 0.1) is 0 Å². The maximum absolute atomic E-state index is 11.6. The molecule has 2 heteroatoms. The van der Waals surface area contributed by atoms with E-state index in [4.69, 9.17) is 5.73 Å². The van der Waals surface area contributed by atoms with Crippen molar-refractivity contribution < 1.29 is 4.79 Å². The Kier molecular flexibility index (Phi) is 5.20. The largest absolute Gasteiger partial charge is 0.330 e. The number of Topliss-reactive ketones (excluding diaryl/α,β-unsaturated/α-hetero) is 1. The van der Waals surface area contributed by atoms with Crippen molar-refractivity contribution in [2.24, 2.45) is 5.73 Å². The second-order valence-corrected chi connectivity index (χ2v) is 4.10. The fourth-order valence-corrected chi connectivity index (χ4v) is 1.98. The first kappa shape index (κ1) is 12.9. The fourth-order valence-electron chi connectivity index (χ4n) is 1.98. The van der Waals surface area contributed by atoms with Gasteiger partial charge in [-0.3, -0.25) is 4.79 Å². The molecule has 0 radical (unpaired) electrons. The lowest BCUT2D eigenvalue weighted by Crippen LogP contribution is -2.08. The second kappa shape index (κ2) is 6.44. The molecule has 0 aromatic heterocycles. The predicted molar refractivity (Wildman–Crippen MR) is 67.8 cm³/mol. The molecule has 0 aliphatic carbocycles. The number of carbonyl (C=O) groups excluding carboxylic acids is 1. The Balaban J connectivity index is 2.78. The van der Waals surface area contributed by atoms with Crippen molar-refractivity contribution in [2.75, 3.05) is 6.54 Å². The van der Waals surface area contributed by atoms with E-state index in [1.165, 1.54) is 5.56 Å². The van der Waals surface area contributed by atoms with E-state index in [1.807, 2.05) is 12.1 Å². The van der Waals surface area contributed by atoms with E-state index in [2.05, 4.69) is 26.0 Å². The number of hydrogen-bond donors (Lipinski definition) is 1. The van der Waals surface area contributed by atoms with Crippen LogP contribution in [0.1, 0.15) is 54.9 Å². The number of ketones is 1. The van der Waals surface area contributed by atoms with Gasteiger partial charge in [0.25, 0.3) is 0 Å². The molecule has 0 heterocycles. The number of carbonyl (C=O) groups is 1. The second-order valence-electron chi connectivity index (χ2n) is 4.10. The molecule has 0 fully saturated rings. The highest BCUT2D eigenvalue weighted by Crippen LogP contribution is 2.23. The summed E-state index contributed by atoms with van der Waals surface area (Å²) in [5.74, 6) is 0.747. The van der Waals surface area contributed by atoms with Crippen LogP contribution in [-0.4, -0.2) is 12.3 Å². The van der Waals surface area contributed by atoms with Gasteiger partial charge in [0.2, 0.25) is 0 Å². The monoisotopic (exact) mass is 219 g/mol. The smallest absolute Gasteiger partial charge is 0.164 e. The van der Waals surface area contributed by atoms with Crippen LogP contribution in [0.15, 0.2) is 24.3 Å². The van der Waals surface area contributed by atoms with Gasteiger partial charge in [-0.2, -0.15) is 0 Å². The first-order valence-electron chi connectivity index (χ1n) is 6.06. The van der Waals surface area contributed by atoms with E-state index in [9.17, 15) is 4.79 Å². The molecule has 2 N–H and O–H groups in total. The summed E-state index contributed by atoms with van der Waals surface area (Å²) in [5.41, 5.74) is 7.47. The molecule has 0 saturated carbocycles. The summed E-state index contributed by atoms with van der Waals surface area (Å²) in [7, 11) is 0. The van der Waals surface area contributed by atoms with Crippen LogP contribution in [-0.2, 0) is 0 Å². The highest BCUT2D eigenvalue weighted by Gasteiger charge is 2.08. The lowest BCUT2D eigenvalue weighted by molar-refractivity contribution is 0.0985. The predicted octanol–water partition coefficient (Wildman–Crippen LogP) is 3.12. The Labute approximate surface area is 97.9 Å². The Bertz CT molecular complexity index is 325. The summed E-state index contributed by atoms with van der Waals surface area (Å²) >= 11 is 0. The van der Waals surface area contributed by atoms with Crippen LogP contribution >= 0.6 is 0 Å². The lowest BCUT2D eigenvalue weighted by Gasteiger charge is -2.12. The average molecular weight is 219 g/mol. The minimum absolute atomic E-state index is 0.138. The zero-order valence-corrected chi connectivity index (χ0v) is 10.2. The molecule has 0 amide bonds. The van der Waals surface area contributed by atoms with Gasteiger partial charge in [-0.15, -0.1) is 0 Å². The maximum atomic E-state index is 11.6. The van der Waals surface area contributed by atoms with Gasteiger partial charge < -0.3 is 5.73 Å². The van der Waals surface area contributed by atoms with Gasteiger partial charge in [-0.25, -0.2) is 0 Å². The van der Waals surface area contributed by atoms with Crippen LogP contribution in [0.25, 0.3) is 0 Å². The van der Waals surface area contributed by atoms with Crippen LogP contribution in [0, 0.1) is 0 Å². The van der Waals surface area contributed by atoms with Crippen molar-refractivity contribution in [3.63, 3.8) is 0 Å². The van der Waals surface area contributed by atoms with Crippen LogP contribution in [0.5, 0.6) is 0 Å². The van der Waals surface area contributed by atoms with Crippen LogP contribution in [0.3, 0.4) is 0 Å². The molecule has 0 atom stereocenters. The zero-order valence-electron chi connectivity index (χ0n) is 10.2. The van der Waals surface area contributed by atoms with Crippen molar-refractivity contribution >= 4 is 5.78 Å². The maximum Gasteiger partial charge on any atom is 0.164 e. The quantitative estimate of drug-likeness (QED) is 0.747. The summed E-state index contributed by atoms with van der Waals surface area (Å²) in [6, 6.07) is 7.99. The molecule has 0 aliphatic rings. The molecular formula is C14H21NO. The molecular weight excluding hydrogens is 198 g/mol. The summed E-state index contributed by atoms with van der Waals surface area (Å²) < 4.78 is 0. The zero-order chi connectivity index (χ0) is 12.0. The minimum Gasteiger partial charge on any atom is -0.330 e. The molecule has 16 heavy (non-hydrogen) atoms. The number of rotatable bonds is 6. The van der Waals surface area contributed by atoms with E-state index in [1.54, 1.807) is 0 Å². The van der Waals surface area contributed by atoms with Gasteiger partial charge >= 0.3 is 0 Å². The number of benzene rings is 1. The Morgan fingerprint density at radius 3 is 2.19 bits per heavy atom. The molecule has 1 rings (SSSR count). The van der Waals surface area contributed by atoms with E-state index in [0.29, 0.717) is 18.9 Å². The molecule has 0 aliphatic heterocycles. The van der Waals surface area contributed by atoms with Crippen LogP contribution in [0.2, 0.25) is 0 Å². The Morgan fingerprint density at radius 1 is 1.19 bits per heavy atom. The van der Waals surface area contributed by atoms with E-state index in [0.717, 1.165) is 18.4 Å². The highest BCUT2D eigenvalue weighted by atomic mass is 16.1. The first-order chi connectivity index (χ1) is 7.72. The fraction of sp³-hybridized carbons (Fsp3) is 0.500. The van der Waals surface area contributed by atoms with Crippen molar-refractivity contribution in [1.82, 2.24) is 0 Å². The molecule has 0 saturated heterocycles. The number of hydrogen-bond acceptors (Lipinski definition) is 2. The Morgan fingerprint density at radius 2 is 1.75 bits per heavy atom. The van der Waals surface area contributed by atoms with Crippen molar-refractivity contribution in [1.29, 1.82) is 0 Å². The third-order valence-corrected chi connectivity index (χ3v) is 3.06. The topological polar surface area (TPSA) is 43.1 Å². The third kappa shape index (κ3) is 3.17. The van der Waals surface area contributed by atoms with Crippen molar-refractivity contribution in [2.45, 2.75) is 39.0 Å². The van der Waals surface area contributed by atoms with Crippen molar-refractivity contribution in [3.05, 3.63) is 35.4 Å². The molecule has 1 aromatic rings. The van der Waals surface area contributed by atoms with Gasteiger partial charge in [-0.1, -0.05) is 38.1 Å². The molecule has 2 nitrogen and oxygen atoms in total. The van der Waals surface area contributed by atoms with Crippen LogP contribution < -0.4 is 5.73 Å². The van der Waals surface area contributed by atoms with E-state index in [-0.39, 0.29) is 5.78 Å². The Hall–Kier alpha value is -1.15. The van der Waals surface area contributed by atoms with Gasteiger partial charge in [-0.05, 0) is 30.9 Å². The van der Waals surface area contributed by atoms with Crippen LogP contribution in [0.4, 0.5) is 0 Å². The van der Waals surface area contributed by atoms with Crippen molar-refractivity contribution in [3.8, 4) is 0 Å². The summed E-state index contributed by atoms with van der Waals surface area (Å²) in [6.45, 7) is 4.82.